The molecule has 6 nitrogen and oxygen atoms in total. The summed E-state index contributed by atoms with van der Waals surface area (Å²) in [6.45, 7) is 1.53. The Morgan fingerprint density at radius 1 is 1.07 bits per heavy atom. The van der Waals surface area contributed by atoms with Gasteiger partial charge in [0.15, 0.2) is 5.71 Å². The number of carbonyl (C=O) groups is 1. The topological polar surface area (TPSA) is 63.5 Å². The fourth-order valence-corrected chi connectivity index (χ4v) is 2.56. The summed E-state index contributed by atoms with van der Waals surface area (Å²) in [5.41, 5.74) is 1.04. The number of hydrogen-bond donors (Lipinski definition) is 0. The third-order valence-corrected chi connectivity index (χ3v) is 4.09. The van der Waals surface area contributed by atoms with Crippen LogP contribution in [0.3, 0.4) is 0 Å². The van der Waals surface area contributed by atoms with Crippen molar-refractivity contribution >= 4 is 17.3 Å². The summed E-state index contributed by atoms with van der Waals surface area (Å²) in [5.74, 6) is -0.354. The van der Waals surface area contributed by atoms with Crippen molar-refractivity contribution < 1.29 is 27.6 Å². The van der Waals surface area contributed by atoms with Gasteiger partial charge in [-0.2, -0.15) is 13.2 Å². The fourth-order valence-electron chi connectivity index (χ4n) is 2.56. The molecule has 2 aromatic carbocycles. The number of halogens is 3. The molecule has 0 aliphatic heterocycles. The highest BCUT2D eigenvalue weighted by Gasteiger charge is 2.30. The Kier molecular flexibility index (Phi) is 7.57. The number of oxime groups is 2. The van der Waals surface area contributed by atoms with Crippen molar-refractivity contribution in [3.63, 3.8) is 0 Å². The van der Waals surface area contributed by atoms with E-state index in [1.807, 2.05) is 0 Å². The fraction of sp³-hybridized carbons (Fsp3) is 0.286. The van der Waals surface area contributed by atoms with E-state index in [1.54, 1.807) is 45.3 Å². The minimum Gasteiger partial charge on any atom is -0.398 e. The normalized spacial score (nSPS) is 12.5. The van der Waals surface area contributed by atoms with Gasteiger partial charge in [-0.05, 0) is 24.6 Å². The van der Waals surface area contributed by atoms with Gasteiger partial charge in [0, 0.05) is 25.2 Å². The van der Waals surface area contributed by atoms with Crippen LogP contribution in [0.1, 0.15) is 29.2 Å². The Hall–Kier alpha value is -3.36. The summed E-state index contributed by atoms with van der Waals surface area (Å²) in [6, 6.07) is 11.8. The molecule has 2 rings (SSSR count). The average molecular weight is 421 g/mol. The number of hydrogen-bond acceptors (Lipinski definition) is 5. The van der Waals surface area contributed by atoms with Crippen molar-refractivity contribution in [3.8, 4) is 0 Å². The quantitative estimate of drug-likeness (QED) is 0.500. The van der Waals surface area contributed by atoms with Gasteiger partial charge >= 0.3 is 6.18 Å². The van der Waals surface area contributed by atoms with Gasteiger partial charge in [-0.3, -0.25) is 4.79 Å². The minimum absolute atomic E-state index is 0.0179. The van der Waals surface area contributed by atoms with Crippen LogP contribution in [0.15, 0.2) is 58.8 Å². The number of benzene rings is 2. The summed E-state index contributed by atoms with van der Waals surface area (Å²) < 4.78 is 38.7. The maximum atomic E-state index is 12.9. The average Bonchev–Trinajstić information content (AvgIpc) is 2.71. The number of likely N-dealkylation sites (N-methyl/N-ethyl adjacent to an activating group) is 1. The van der Waals surface area contributed by atoms with Crippen molar-refractivity contribution in [1.82, 2.24) is 4.90 Å². The molecule has 0 saturated heterocycles. The maximum absolute atomic E-state index is 12.9. The number of amides is 1. The lowest BCUT2D eigenvalue weighted by Gasteiger charge is -2.14. The number of alkyl halides is 3. The molecule has 0 atom stereocenters. The highest BCUT2D eigenvalue weighted by atomic mass is 19.4. The molecule has 0 bridgehead atoms. The standard InChI is InChI=1S/C21H22F3N3O3/c1-14(15-9-7-10-17(12-15)21(22,23)24)25-30-13-16-8-5-6-11-18(16)19(26-29-4)20(28)27(2)3/h5-12H,13H2,1-4H3. The first kappa shape index (κ1) is 22.9. The monoisotopic (exact) mass is 421 g/mol. The summed E-state index contributed by atoms with van der Waals surface area (Å²) in [7, 11) is 4.52. The molecule has 0 fully saturated rings. The Morgan fingerprint density at radius 2 is 1.77 bits per heavy atom. The molecule has 0 saturated carbocycles. The van der Waals surface area contributed by atoms with Crippen molar-refractivity contribution in [2.75, 3.05) is 21.2 Å². The lowest BCUT2D eigenvalue weighted by atomic mass is 10.0. The zero-order chi connectivity index (χ0) is 22.3. The summed E-state index contributed by atoms with van der Waals surface area (Å²) in [4.78, 5) is 23.9. The molecule has 0 heterocycles. The molecule has 2 aromatic rings. The first-order valence-corrected chi connectivity index (χ1v) is 8.90. The molecule has 160 valence electrons. The van der Waals surface area contributed by atoms with Gasteiger partial charge in [0.2, 0.25) is 0 Å². The minimum atomic E-state index is -4.44. The number of rotatable bonds is 7. The Morgan fingerprint density at radius 3 is 2.40 bits per heavy atom. The summed E-state index contributed by atoms with van der Waals surface area (Å²) in [5, 5.41) is 7.75. The second kappa shape index (κ2) is 9.91. The molecule has 0 aliphatic rings. The van der Waals surface area contributed by atoms with Crippen molar-refractivity contribution in [3.05, 3.63) is 70.8 Å². The van der Waals surface area contributed by atoms with Crippen LogP contribution in [0, 0.1) is 0 Å². The zero-order valence-corrected chi connectivity index (χ0v) is 17.0. The van der Waals surface area contributed by atoms with E-state index in [1.165, 1.54) is 24.1 Å². The molecule has 1 amide bonds. The van der Waals surface area contributed by atoms with E-state index < -0.39 is 11.7 Å². The van der Waals surface area contributed by atoms with Gasteiger partial charge in [-0.25, -0.2) is 0 Å². The third-order valence-electron chi connectivity index (χ3n) is 4.09. The van der Waals surface area contributed by atoms with Crippen LogP contribution in [0.25, 0.3) is 0 Å². The molecule has 0 radical (unpaired) electrons. The lowest BCUT2D eigenvalue weighted by molar-refractivity contribution is -0.137. The van der Waals surface area contributed by atoms with Crippen LogP contribution < -0.4 is 0 Å². The van der Waals surface area contributed by atoms with Crippen molar-refractivity contribution in [2.45, 2.75) is 19.7 Å². The zero-order valence-electron chi connectivity index (χ0n) is 17.0. The van der Waals surface area contributed by atoms with Gasteiger partial charge < -0.3 is 14.6 Å². The predicted octanol–water partition coefficient (Wildman–Crippen LogP) is 4.08. The van der Waals surface area contributed by atoms with Crippen LogP contribution >= 0.6 is 0 Å². The van der Waals surface area contributed by atoms with E-state index in [4.69, 9.17) is 9.68 Å². The SMILES string of the molecule is CON=C(C(=O)N(C)C)c1ccccc1CON=C(C)c1cccc(C(F)(F)F)c1. The van der Waals surface area contributed by atoms with Crippen LogP contribution in [0.5, 0.6) is 0 Å². The largest absolute Gasteiger partial charge is 0.416 e. The summed E-state index contributed by atoms with van der Waals surface area (Å²) >= 11 is 0. The lowest BCUT2D eigenvalue weighted by Crippen LogP contribution is -2.31. The highest BCUT2D eigenvalue weighted by Crippen LogP contribution is 2.29. The molecule has 0 N–H and O–H groups in total. The van der Waals surface area contributed by atoms with Crippen molar-refractivity contribution in [2.24, 2.45) is 10.3 Å². The van der Waals surface area contributed by atoms with E-state index in [0.29, 0.717) is 16.7 Å². The van der Waals surface area contributed by atoms with Gasteiger partial charge in [-0.15, -0.1) is 0 Å². The number of nitrogens with zero attached hydrogens (tertiary/aromatic N) is 3. The highest BCUT2D eigenvalue weighted by molar-refractivity contribution is 6.45. The molecular weight excluding hydrogens is 399 g/mol. The van der Waals surface area contributed by atoms with Crippen molar-refractivity contribution in [1.29, 1.82) is 0 Å². The van der Waals surface area contributed by atoms with Gasteiger partial charge in [0.1, 0.15) is 13.7 Å². The Labute approximate surface area is 172 Å². The summed E-state index contributed by atoms with van der Waals surface area (Å²) in [6.07, 6.45) is -4.44. The van der Waals surface area contributed by atoms with Crippen LogP contribution in [0.2, 0.25) is 0 Å². The second-order valence-electron chi connectivity index (χ2n) is 6.51. The molecular formula is C21H22F3N3O3. The van der Waals surface area contributed by atoms with Gasteiger partial charge in [0.05, 0.1) is 11.3 Å². The van der Waals surface area contributed by atoms with Gasteiger partial charge in [-0.1, -0.05) is 46.7 Å². The molecule has 0 aromatic heterocycles. The molecule has 0 unspecified atom stereocenters. The van der Waals surface area contributed by atoms with Crippen LogP contribution in [-0.4, -0.2) is 43.4 Å². The molecule has 9 heteroatoms. The first-order chi connectivity index (χ1) is 14.1. The van der Waals surface area contributed by atoms with Gasteiger partial charge in [0.25, 0.3) is 5.91 Å². The van der Waals surface area contributed by atoms with E-state index >= 15 is 0 Å². The third kappa shape index (κ3) is 5.82. The van der Waals surface area contributed by atoms with E-state index in [0.717, 1.165) is 12.1 Å². The second-order valence-corrected chi connectivity index (χ2v) is 6.51. The molecule has 0 spiro atoms. The maximum Gasteiger partial charge on any atom is 0.416 e. The van der Waals surface area contributed by atoms with Crippen LogP contribution in [-0.2, 0) is 27.3 Å². The molecule has 30 heavy (non-hydrogen) atoms. The molecule has 0 aliphatic carbocycles. The smallest absolute Gasteiger partial charge is 0.398 e. The number of carbonyl (C=O) groups excluding carboxylic acids is 1. The van der Waals surface area contributed by atoms with E-state index in [-0.39, 0.29) is 23.9 Å². The Balaban J connectivity index is 2.23. The first-order valence-electron chi connectivity index (χ1n) is 8.90. The van der Waals surface area contributed by atoms with E-state index in [2.05, 4.69) is 10.3 Å². The predicted molar refractivity (Wildman–Crippen MR) is 107 cm³/mol. The van der Waals surface area contributed by atoms with Crippen LogP contribution in [0.4, 0.5) is 13.2 Å². The Bertz CT molecular complexity index is 954. The van der Waals surface area contributed by atoms with E-state index in [9.17, 15) is 18.0 Å².